The Hall–Kier alpha value is -3.43. The van der Waals surface area contributed by atoms with E-state index in [9.17, 15) is 18.0 Å². The van der Waals surface area contributed by atoms with Gasteiger partial charge in [-0.2, -0.15) is 0 Å². The van der Waals surface area contributed by atoms with Crippen molar-refractivity contribution >= 4 is 27.5 Å². The van der Waals surface area contributed by atoms with Gasteiger partial charge in [-0.15, -0.1) is 0 Å². The summed E-state index contributed by atoms with van der Waals surface area (Å²) in [5, 5.41) is 5.48. The Morgan fingerprint density at radius 3 is 2.45 bits per heavy atom. The molecule has 1 heterocycles. The third-order valence-electron chi connectivity index (χ3n) is 4.18. The molecule has 3 aromatic rings. The summed E-state index contributed by atoms with van der Waals surface area (Å²) in [6, 6.07) is 15.8. The van der Waals surface area contributed by atoms with Crippen molar-refractivity contribution in [2.75, 3.05) is 5.32 Å². The first kappa shape index (κ1) is 22.3. The zero-order valence-corrected chi connectivity index (χ0v) is 17.9. The molecule has 0 unspecified atom stereocenters. The van der Waals surface area contributed by atoms with Gasteiger partial charge in [-0.3, -0.25) is 9.59 Å². The summed E-state index contributed by atoms with van der Waals surface area (Å²) in [5.74, 6) is -0.591. The van der Waals surface area contributed by atoms with Crippen LogP contribution in [0.5, 0.6) is 0 Å². The molecule has 0 aliphatic heterocycles. The topological polar surface area (TPSA) is 118 Å². The van der Waals surface area contributed by atoms with Crippen molar-refractivity contribution in [1.29, 1.82) is 0 Å². The number of hydrogen-bond donors (Lipinski definition) is 3. The summed E-state index contributed by atoms with van der Waals surface area (Å²) < 4.78 is 32.2. The van der Waals surface area contributed by atoms with E-state index in [-0.39, 0.29) is 34.7 Å². The van der Waals surface area contributed by atoms with Crippen LogP contribution in [0.15, 0.2) is 76.2 Å². The Kier molecular flexibility index (Phi) is 6.88. The summed E-state index contributed by atoms with van der Waals surface area (Å²) in [6.07, 6.45) is 1.42. The van der Waals surface area contributed by atoms with Crippen molar-refractivity contribution in [2.45, 2.75) is 31.3 Å². The van der Waals surface area contributed by atoms with Crippen molar-refractivity contribution < 1.29 is 22.4 Å². The van der Waals surface area contributed by atoms with Crippen LogP contribution < -0.4 is 15.4 Å². The van der Waals surface area contributed by atoms with Crippen molar-refractivity contribution in [2.24, 2.45) is 0 Å². The molecule has 0 saturated heterocycles. The number of amides is 2. The Balaban J connectivity index is 1.65. The van der Waals surface area contributed by atoms with Gasteiger partial charge in [-0.1, -0.05) is 18.2 Å². The van der Waals surface area contributed by atoms with Gasteiger partial charge in [-0.25, -0.2) is 13.1 Å². The van der Waals surface area contributed by atoms with Gasteiger partial charge in [0.25, 0.3) is 11.8 Å². The molecule has 0 fully saturated rings. The maximum absolute atomic E-state index is 12.5. The molecule has 0 aliphatic rings. The third-order valence-corrected chi connectivity index (χ3v) is 5.84. The fourth-order valence-electron chi connectivity index (χ4n) is 2.83. The second-order valence-corrected chi connectivity index (χ2v) is 8.83. The lowest BCUT2D eigenvalue weighted by atomic mass is 10.1. The predicted molar refractivity (Wildman–Crippen MR) is 116 cm³/mol. The van der Waals surface area contributed by atoms with Crippen LogP contribution in [0.2, 0.25) is 0 Å². The lowest BCUT2D eigenvalue weighted by Crippen LogP contribution is -2.30. The summed E-state index contributed by atoms with van der Waals surface area (Å²) in [7, 11) is -3.70. The zero-order chi connectivity index (χ0) is 22.4. The largest absolute Gasteiger partial charge is 0.459 e. The number of sulfonamides is 1. The minimum absolute atomic E-state index is 0.0245. The lowest BCUT2D eigenvalue weighted by molar-refractivity contribution is 0.0949. The number of nitrogens with one attached hydrogen (secondary N) is 3. The Bertz CT molecular complexity index is 1170. The van der Waals surface area contributed by atoms with E-state index >= 15 is 0 Å². The number of rotatable bonds is 8. The second kappa shape index (κ2) is 9.59. The molecule has 0 bridgehead atoms. The van der Waals surface area contributed by atoms with Crippen molar-refractivity contribution in [3.8, 4) is 0 Å². The van der Waals surface area contributed by atoms with Crippen LogP contribution in [0.4, 0.5) is 5.69 Å². The highest BCUT2D eigenvalue weighted by atomic mass is 32.2. The Labute approximate surface area is 180 Å². The number of furan rings is 1. The van der Waals surface area contributed by atoms with Gasteiger partial charge in [0.1, 0.15) is 0 Å². The van der Waals surface area contributed by atoms with Crippen LogP contribution >= 0.6 is 0 Å². The molecule has 0 radical (unpaired) electrons. The van der Waals surface area contributed by atoms with E-state index in [1.165, 1.54) is 24.5 Å². The molecular formula is C22H23N3O5S. The second-order valence-electron chi connectivity index (χ2n) is 7.12. The van der Waals surface area contributed by atoms with E-state index in [0.29, 0.717) is 5.69 Å². The first-order valence-corrected chi connectivity index (χ1v) is 11.1. The van der Waals surface area contributed by atoms with Gasteiger partial charge in [0.15, 0.2) is 5.76 Å². The molecule has 8 nitrogen and oxygen atoms in total. The molecule has 3 rings (SSSR count). The van der Waals surface area contributed by atoms with Crippen LogP contribution in [0, 0.1) is 0 Å². The predicted octanol–water partition coefficient (Wildman–Crippen LogP) is 3.15. The minimum Gasteiger partial charge on any atom is -0.459 e. The highest BCUT2D eigenvalue weighted by molar-refractivity contribution is 7.89. The normalized spacial score (nSPS) is 11.3. The lowest BCUT2D eigenvalue weighted by Gasteiger charge is -2.11. The van der Waals surface area contributed by atoms with E-state index in [1.54, 1.807) is 56.3 Å². The molecule has 0 atom stereocenters. The molecule has 0 spiro atoms. The Morgan fingerprint density at radius 1 is 0.968 bits per heavy atom. The quantitative estimate of drug-likeness (QED) is 0.496. The molecule has 2 amide bonds. The number of carbonyl (C=O) groups is 2. The highest BCUT2D eigenvalue weighted by Crippen LogP contribution is 2.14. The van der Waals surface area contributed by atoms with Crippen molar-refractivity contribution in [3.63, 3.8) is 0 Å². The van der Waals surface area contributed by atoms with Gasteiger partial charge in [0, 0.05) is 23.8 Å². The van der Waals surface area contributed by atoms with Gasteiger partial charge in [0.2, 0.25) is 10.0 Å². The Morgan fingerprint density at radius 2 is 1.74 bits per heavy atom. The van der Waals surface area contributed by atoms with Crippen LogP contribution in [0.1, 0.15) is 40.3 Å². The number of anilines is 1. The summed E-state index contributed by atoms with van der Waals surface area (Å²) >= 11 is 0. The third kappa shape index (κ3) is 6.03. The SMILES string of the molecule is CC(C)NS(=O)(=O)c1cccc(C(=O)NCc2cccc(NC(=O)c3ccco3)c2)c1. The molecule has 0 saturated carbocycles. The molecular weight excluding hydrogens is 418 g/mol. The molecule has 3 N–H and O–H groups in total. The van der Waals surface area contributed by atoms with E-state index in [2.05, 4.69) is 15.4 Å². The molecule has 162 valence electrons. The maximum Gasteiger partial charge on any atom is 0.291 e. The van der Waals surface area contributed by atoms with E-state index in [4.69, 9.17) is 4.42 Å². The van der Waals surface area contributed by atoms with E-state index in [1.807, 2.05) is 0 Å². The van der Waals surface area contributed by atoms with Gasteiger partial charge in [-0.05, 0) is 61.9 Å². The van der Waals surface area contributed by atoms with Crippen LogP contribution in [-0.2, 0) is 16.6 Å². The summed E-state index contributed by atoms with van der Waals surface area (Å²) in [5.41, 5.74) is 1.55. The monoisotopic (exact) mass is 441 g/mol. The zero-order valence-electron chi connectivity index (χ0n) is 17.1. The molecule has 9 heteroatoms. The van der Waals surface area contributed by atoms with Crippen LogP contribution in [0.3, 0.4) is 0 Å². The molecule has 31 heavy (non-hydrogen) atoms. The van der Waals surface area contributed by atoms with Crippen LogP contribution in [0.25, 0.3) is 0 Å². The highest BCUT2D eigenvalue weighted by Gasteiger charge is 2.17. The molecule has 1 aromatic heterocycles. The average molecular weight is 442 g/mol. The number of benzene rings is 2. The maximum atomic E-state index is 12.5. The number of hydrogen-bond acceptors (Lipinski definition) is 5. The smallest absolute Gasteiger partial charge is 0.291 e. The first-order valence-electron chi connectivity index (χ1n) is 9.59. The fraction of sp³-hybridized carbons (Fsp3) is 0.182. The van der Waals surface area contributed by atoms with E-state index < -0.39 is 15.9 Å². The van der Waals surface area contributed by atoms with E-state index in [0.717, 1.165) is 5.56 Å². The van der Waals surface area contributed by atoms with Crippen LogP contribution in [-0.4, -0.2) is 26.3 Å². The number of carbonyl (C=O) groups excluding carboxylic acids is 2. The molecule has 0 aliphatic carbocycles. The minimum atomic E-state index is -3.70. The fourth-order valence-corrected chi connectivity index (χ4v) is 4.12. The summed E-state index contributed by atoms with van der Waals surface area (Å²) in [6.45, 7) is 3.64. The van der Waals surface area contributed by atoms with Crippen molar-refractivity contribution in [3.05, 3.63) is 83.8 Å². The summed E-state index contributed by atoms with van der Waals surface area (Å²) in [4.78, 5) is 24.6. The molecule has 2 aromatic carbocycles. The van der Waals surface area contributed by atoms with Gasteiger partial charge >= 0.3 is 0 Å². The standard InChI is InChI=1S/C22H23N3O5S/c1-15(2)25-31(28,29)19-9-4-7-17(13-19)21(26)23-14-16-6-3-8-18(12-16)24-22(27)20-10-5-11-30-20/h3-13,15,25H,14H2,1-2H3,(H,23,26)(H,24,27). The average Bonchev–Trinajstić information content (AvgIpc) is 3.27. The van der Waals surface area contributed by atoms with Crippen molar-refractivity contribution in [1.82, 2.24) is 10.0 Å². The first-order chi connectivity index (χ1) is 14.7. The van der Waals surface area contributed by atoms with Gasteiger partial charge < -0.3 is 15.1 Å². The van der Waals surface area contributed by atoms with Gasteiger partial charge in [0.05, 0.1) is 11.2 Å².